The fourth-order valence-corrected chi connectivity index (χ4v) is 7.43. The molecule has 54 heavy (non-hydrogen) atoms. The van der Waals surface area contributed by atoms with E-state index < -0.39 is 18.2 Å². The largest absolute Gasteiger partial charge is 0.462 e. The Morgan fingerprint density at radius 3 is 1.33 bits per heavy atom. The van der Waals surface area contributed by atoms with E-state index in [1.807, 2.05) is 0 Å². The smallest absolute Gasteiger partial charge is 0.306 e. The van der Waals surface area contributed by atoms with E-state index in [9.17, 15) is 19.8 Å². The van der Waals surface area contributed by atoms with Crippen molar-refractivity contribution in [2.24, 2.45) is 0 Å². The summed E-state index contributed by atoms with van der Waals surface area (Å²) in [6, 6.07) is -0.696. The van der Waals surface area contributed by atoms with E-state index in [1.54, 1.807) is 0 Å². The molecular formula is C48H93NO5. The minimum atomic E-state index is -0.782. The van der Waals surface area contributed by atoms with Crippen LogP contribution in [0.15, 0.2) is 12.2 Å². The Kier molecular flexibility index (Phi) is 41.6. The highest BCUT2D eigenvalue weighted by Crippen LogP contribution is 2.18. The Morgan fingerprint density at radius 1 is 0.519 bits per heavy atom. The van der Waals surface area contributed by atoms with E-state index >= 15 is 0 Å². The Hall–Kier alpha value is -1.40. The number of carbonyl (C=O) groups excluding carboxylic acids is 2. The third-order valence-corrected chi connectivity index (χ3v) is 11.1. The molecule has 6 heteroatoms. The number of hydrogen-bond acceptors (Lipinski definition) is 5. The second-order valence-corrected chi connectivity index (χ2v) is 16.5. The summed E-state index contributed by atoms with van der Waals surface area (Å²) >= 11 is 0. The van der Waals surface area contributed by atoms with Gasteiger partial charge in [-0.15, -0.1) is 0 Å². The van der Waals surface area contributed by atoms with Gasteiger partial charge in [-0.25, -0.2) is 0 Å². The predicted octanol–water partition coefficient (Wildman–Crippen LogP) is 13.8. The van der Waals surface area contributed by atoms with Crippen LogP contribution >= 0.6 is 0 Å². The normalized spacial score (nSPS) is 13.4. The van der Waals surface area contributed by atoms with Crippen LogP contribution in [0.2, 0.25) is 0 Å². The van der Waals surface area contributed by atoms with E-state index in [4.69, 9.17) is 4.74 Å². The minimum absolute atomic E-state index is 0.0779. The number of aliphatic hydroxyl groups is 2. The van der Waals surface area contributed by atoms with E-state index in [0.29, 0.717) is 19.3 Å². The fraction of sp³-hybridized carbons (Fsp3) is 0.917. The predicted molar refractivity (Wildman–Crippen MR) is 232 cm³/mol. The third-order valence-electron chi connectivity index (χ3n) is 11.1. The van der Waals surface area contributed by atoms with Crippen molar-refractivity contribution in [2.45, 2.75) is 277 Å². The quantitative estimate of drug-likeness (QED) is 0.0326. The molecule has 320 valence electrons. The van der Waals surface area contributed by atoms with Gasteiger partial charge >= 0.3 is 5.97 Å². The second kappa shape index (κ2) is 42.7. The van der Waals surface area contributed by atoms with Gasteiger partial charge < -0.3 is 20.3 Å². The first kappa shape index (κ1) is 52.6. The topological polar surface area (TPSA) is 95.9 Å². The van der Waals surface area contributed by atoms with Crippen molar-refractivity contribution in [3.05, 3.63) is 12.2 Å². The van der Waals surface area contributed by atoms with E-state index in [2.05, 4.69) is 38.2 Å². The van der Waals surface area contributed by atoms with Crippen LogP contribution < -0.4 is 5.32 Å². The van der Waals surface area contributed by atoms with Gasteiger partial charge in [-0.3, -0.25) is 9.59 Å². The molecule has 0 aromatic rings. The van der Waals surface area contributed by atoms with Gasteiger partial charge in [0.1, 0.15) is 6.10 Å². The summed E-state index contributed by atoms with van der Waals surface area (Å²) < 4.78 is 5.89. The lowest BCUT2D eigenvalue weighted by molar-refractivity contribution is -0.151. The number of esters is 1. The Balaban J connectivity index is 4.53. The van der Waals surface area contributed by atoms with Gasteiger partial charge in [-0.2, -0.15) is 0 Å². The summed E-state index contributed by atoms with van der Waals surface area (Å²) in [6.45, 7) is 6.45. The Bertz CT molecular complexity index is 817. The number of nitrogens with one attached hydrogen (secondary N) is 1. The molecule has 0 aromatic heterocycles. The highest BCUT2D eigenvalue weighted by molar-refractivity contribution is 5.77. The van der Waals surface area contributed by atoms with Crippen LogP contribution in [-0.2, 0) is 14.3 Å². The van der Waals surface area contributed by atoms with Crippen molar-refractivity contribution in [1.29, 1.82) is 0 Å². The van der Waals surface area contributed by atoms with Crippen molar-refractivity contribution in [3.8, 4) is 0 Å². The summed E-state index contributed by atoms with van der Waals surface area (Å²) in [5, 5.41) is 23.7. The van der Waals surface area contributed by atoms with Crippen LogP contribution in [-0.4, -0.2) is 46.9 Å². The fourth-order valence-electron chi connectivity index (χ4n) is 7.43. The molecule has 0 bridgehead atoms. The molecule has 0 saturated heterocycles. The van der Waals surface area contributed by atoms with Crippen LogP contribution in [0.25, 0.3) is 0 Å². The molecule has 0 aliphatic rings. The first-order valence-electron chi connectivity index (χ1n) is 23.9. The summed E-state index contributed by atoms with van der Waals surface area (Å²) in [5.41, 5.74) is 0. The average Bonchev–Trinajstić information content (AvgIpc) is 3.16. The van der Waals surface area contributed by atoms with E-state index in [1.165, 1.54) is 154 Å². The number of rotatable bonds is 43. The lowest BCUT2D eigenvalue weighted by Crippen LogP contribution is -2.46. The maximum Gasteiger partial charge on any atom is 0.306 e. The van der Waals surface area contributed by atoms with Gasteiger partial charge in [-0.1, -0.05) is 206 Å². The molecule has 0 aliphatic heterocycles. The second-order valence-electron chi connectivity index (χ2n) is 16.5. The molecule has 0 saturated carbocycles. The number of hydrogen-bond donors (Lipinski definition) is 3. The first-order valence-corrected chi connectivity index (χ1v) is 23.9. The molecular weight excluding hydrogens is 671 g/mol. The van der Waals surface area contributed by atoms with Crippen LogP contribution in [0.5, 0.6) is 0 Å². The van der Waals surface area contributed by atoms with Gasteiger partial charge in [0, 0.05) is 6.42 Å². The molecule has 3 unspecified atom stereocenters. The van der Waals surface area contributed by atoms with Crippen molar-refractivity contribution in [2.75, 3.05) is 6.61 Å². The number of allylic oxidation sites excluding steroid dienone is 2. The van der Waals surface area contributed by atoms with Crippen molar-refractivity contribution < 1.29 is 24.5 Å². The molecule has 3 N–H and O–H groups in total. The molecule has 0 aromatic carbocycles. The first-order chi connectivity index (χ1) is 26.5. The molecule has 0 rings (SSSR count). The highest BCUT2D eigenvalue weighted by Gasteiger charge is 2.24. The zero-order valence-corrected chi connectivity index (χ0v) is 36.4. The van der Waals surface area contributed by atoms with Crippen molar-refractivity contribution in [3.63, 3.8) is 0 Å². The van der Waals surface area contributed by atoms with Gasteiger partial charge in [0.25, 0.3) is 0 Å². The average molecular weight is 764 g/mol. The van der Waals surface area contributed by atoms with Crippen LogP contribution in [0, 0.1) is 0 Å². The molecule has 6 nitrogen and oxygen atoms in total. The molecule has 1 amide bonds. The van der Waals surface area contributed by atoms with Crippen LogP contribution in [0.1, 0.15) is 258 Å². The number of amides is 1. The minimum Gasteiger partial charge on any atom is -0.462 e. The van der Waals surface area contributed by atoms with E-state index in [0.717, 1.165) is 57.8 Å². The van der Waals surface area contributed by atoms with Crippen LogP contribution in [0.3, 0.4) is 0 Å². The number of carbonyl (C=O) groups is 2. The van der Waals surface area contributed by atoms with Crippen LogP contribution in [0.4, 0.5) is 0 Å². The van der Waals surface area contributed by atoms with Crippen molar-refractivity contribution in [1.82, 2.24) is 5.32 Å². The standard InChI is InChI=1S/C48H93NO5/c1-4-7-10-13-16-19-21-23-25-28-30-33-36-39-44(54-48(53)41-38-35-32-27-18-15-12-9-6-3)42-47(52)49-45(43-50)46(51)40-37-34-31-29-26-24-22-20-17-14-11-8-5-2/h19,21,44-46,50-51H,4-18,20,22-43H2,1-3H3,(H,49,52)/b21-19-. The summed E-state index contributed by atoms with van der Waals surface area (Å²) in [5.74, 6) is -0.473. The molecule has 0 aliphatic carbocycles. The Labute approximate surface area is 336 Å². The number of aliphatic hydroxyl groups excluding tert-OH is 2. The lowest BCUT2D eigenvalue weighted by Gasteiger charge is -2.24. The molecule has 0 radical (unpaired) electrons. The molecule has 3 atom stereocenters. The molecule has 0 fully saturated rings. The van der Waals surface area contributed by atoms with Crippen molar-refractivity contribution >= 4 is 11.9 Å². The maximum absolute atomic E-state index is 13.1. The van der Waals surface area contributed by atoms with Gasteiger partial charge in [0.15, 0.2) is 0 Å². The monoisotopic (exact) mass is 764 g/mol. The zero-order valence-electron chi connectivity index (χ0n) is 36.4. The van der Waals surface area contributed by atoms with E-state index in [-0.39, 0.29) is 24.9 Å². The molecule has 0 spiro atoms. The van der Waals surface area contributed by atoms with Gasteiger partial charge in [0.05, 0.1) is 25.2 Å². The third kappa shape index (κ3) is 37.5. The van der Waals surface area contributed by atoms with Gasteiger partial charge in [-0.05, 0) is 51.4 Å². The van der Waals surface area contributed by atoms with Gasteiger partial charge in [0.2, 0.25) is 5.91 Å². The number of unbranched alkanes of at least 4 members (excludes halogenated alkanes) is 29. The highest BCUT2D eigenvalue weighted by atomic mass is 16.5. The zero-order chi connectivity index (χ0) is 39.6. The number of ether oxygens (including phenoxy) is 1. The lowest BCUT2D eigenvalue weighted by atomic mass is 10.0. The maximum atomic E-state index is 13.1. The summed E-state index contributed by atoms with van der Waals surface area (Å²) in [7, 11) is 0. The Morgan fingerprint density at radius 2 is 0.889 bits per heavy atom. The summed E-state index contributed by atoms with van der Waals surface area (Å²) in [6.07, 6.45) is 45.5. The molecule has 0 heterocycles. The SMILES string of the molecule is CCCCCC/C=C\CCCCCCCC(CC(=O)NC(CO)C(O)CCCCCCCCCCCCCCC)OC(=O)CCCCCCCCCCC. The summed E-state index contributed by atoms with van der Waals surface area (Å²) in [4.78, 5) is 26.0.